The van der Waals surface area contributed by atoms with Crippen LogP contribution < -0.4 is 10.1 Å². The fourth-order valence-corrected chi connectivity index (χ4v) is 3.02. The summed E-state index contributed by atoms with van der Waals surface area (Å²) < 4.78 is 5.37. The first kappa shape index (κ1) is 21.2. The summed E-state index contributed by atoms with van der Waals surface area (Å²) in [6.45, 7) is 6.09. The molecule has 1 rings (SSSR count). The van der Waals surface area contributed by atoms with Crippen LogP contribution in [0.4, 0.5) is 4.79 Å². The molecule has 3 amide bonds. The molecule has 0 aromatic heterocycles. The maximum absolute atomic E-state index is 12.2. The number of nitrogens with one attached hydrogen (secondary N) is 1. The van der Waals surface area contributed by atoms with Gasteiger partial charge in [-0.05, 0) is 37.8 Å². The summed E-state index contributed by atoms with van der Waals surface area (Å²) in [5, 5.41) is 2.79. The van der Waals surface area contributed by atoms with Crippen LogP contribution in [0.2, 0.25) is 0 Å². The molecule has 6 nitrogen and oxygen atoms in total. The highest BCUT2D eigenvalue weighted by atomic mass is 32.2. The Balaban J connectivity index is 2.50. The fraction of sp³-hybridized carbons (Fsp3) is 0.556. The van der Waals surface area contributed by atoms with Crippen molar-refractivity contribution in [3.8, 4) is 5.75 Å². The predicted molar refractivity (Wildman–Crippen MR) is 102 cm³/mol. The number of benzene rings is 1. The minimum absolute atomic E-state index is 0.0605. The number of hydrogen-bond acceptors (Lipinski definition) is 4. The number of rotatable bonds is 9. The molecule has 1 aromatic rings. The van der Waals surface area contributed by atoms with Gasteiger partial charge in [-0.1, -0.05) is 6.07 Å². The van der Waals surface area contributed by atoms with Crippen LogP contribution in [-0.2, 0) is 11.3 Å². The van der Waals surface area contributed by atoms with E-state index >= 15 is 0 Å². The first-order valence-corrected chi connectivity index (χ1v) is 9.66. The molecular weight excluding hydrogens is 338 g/mol. The van der Waals surface area contributed by atoms with Gasteiger partial charge in [-0.25, -0.2) is 4.79 Å². The number of ether oxygens (including phenoxy) is 1. The SMILES string of the molecule is CCN(CC)C(=O)CCNC(=O)N(C)Cc1ccc(SC)c(OC)c1. The summed E-state index contributed by atoms with van der Waals surface area (Å²) in [5.41, 5.74) is 0.992. The summed E-state index contributed by atoms with van der Waals surface area (Å²) in [5.74, 6) is 0.869. The molecular formula is C18H29N3O3S. The Morgan fingerprint density at radius 2 is 1.92 bits per heavy atom. The Morgan fingerprint density at radius 1 is 1.24 bits per heavy atom. The van der Waals surface area contributed by atoms with E-state index in [1.165, 1.54) is 0 Å². The molecule has 0 aliphatic carbocycles. The van der Waals surface area contributed by atoms with E-state index in [0.717, 1.165) is 16.2 Å². The standard InChI is InChI=1S/C18H29N3O3S/c1-6-21(7-2)17(22)10-11-19-18(23)20(3)13-14-8-9-16(25-5)15(12-14)24-4/h8-9,12H,6-7,10-11,13H2,1-5H3,(H,19,23). The van der Waals surface area contributed by atoms with Gasteiger partial charge in [0.05, 0.1) is 7.11 Å². The molecule has 1 N–H and O–H groups in total. The Morgan fingerprint density at radius 3 is 2.48 bits per heavy atom. The topological polar surface area (TPSA) is 61.9 Å². The zero-order valence-corrected chi connectivity index (χ0v) is 16.6. The van der Waals surface area contributed by atoms with Crippen molar-refractivity contribution in [3.63, 3.8) is 0 Å². The van der Waals surface area contributed by atoms with E-state index in [9.17, 15) is 9.59 Å². The van der Waals surface area contributed by atoms with Crippen molar-refractivity contribution in [1.29, 1.82) is 0 Å². The quantitative estimate of drug-likeness (QED) is 0.682. The molecule has 25 heavy (non-hydrogen) atoms. The summed E-state index contributed by atoms with van der Waals surface area (Å²) in [6, 6.07) is 5.73. The molecule has 7 heteroatoms. The molecule has 0 aliphatic rings. The summed E-state index contributed by atoms with van der Waals surface area (Å²) in [4.78, 5) is 28.5. The normalized spacial score (nSPS) is 10.3. The first-order valence-electron chi connectivity index (χ1n) is 8.44. The predicted octanol–water partition coefficient (Wildman–Crippen LogP) is 2.82. The molecule has 0 saturated carbocycles. The van der Waals surface area contributed by atoms with Gasteiger partial charge in [0.1, 0.15) is 5.75 Å². The molecule has 1 aromatic carbocycles. The Bertz CT molecular complexity index is 577. The molecule has 0 atom stereocenters. The van der Waals surface area contributed by atoms with Crippen molar-refractivity contribution in [2.24, 2.45) is 0 Å². The molecule has 0 heterocycles. The highest BCUT2D eigenvalue weighted by Crippen LogP contribution is 2.28. The second kappa shape index (κ2) is 10.9. The zero-order chi connectivity index (χ0) is 18.8. The van der Waals surface area contributed by atoms with Crippen molar-refractivity contribution < 1.29 is 14.3 Å². The highest BCUT2D eigenvalue weighted by Gasteiger charge is 2.13. The van der Waals surface area contributed by atoms with Gasteiger partial charge in [0.15, 0.2) is 0 Å². The minimum atomic E-state index is -0.194. The van der Waals surface area contributed by atoms with Crippen molar-refractivity contribution in [3.05, 3.63) is 23.8 Å². The van der Waals surface area contributed by atoms with E-state index in [0.29, 0.717) is 32.6 Å². The summed E-state index contributed by atoms with van der Waals surface area (Å²) in [7, 11) is 3.37. The molecule has 140 valence electrons. The average molecular weight is 368 g/mol. The molecule has 0 saturated heterocycles. The zero-order valence-electron chi connectivity index (χ0n) is 15.8. The van der Waals surface area contributed by atoms with E-state index in [2.05, 4.69) is 5.32 Å². The number of thioether (sulfide) groups is 1. The summed E-state index contributed by atoms with van der Waals surface area (Å²) >= 11 is 1.62. The van der Waals surface area contributed by atoms with Crippen molar-refractivity contribution in [2.75, 3.05) is 40.0 Å². The number of carbonyl (C=O) groups is 2. The Labute approximate surface area is 154 Å². The molecule has 0 bridgehead atoms. The lowest BCUT2D eigenvalue weighted by Gasteiger charge is -2.21. The van der Waals surface area contributed by atoms with E-state index in [1.54, 1.807) is 35.7 Å². The van der Waals surface area contributed by atoms with Gasteiger partial charge >= 0.3 is 6.03 Å². The van der Waals surface area contributed by atoms with E-state index in [4.69, 9.17) is 4.74 Å². The van der Waals surface area contributed by atoms with Crippen LogP contribution in [-0.4, -0.2) is 61.8 Å². The third-order valence-corrected chi connectivity index (χ3v) is 4.72. The van der Waals surface area contributed by atoms with Crippen LogP contribution >= 0.6 is 11.8 Å². The number of hydrogen-bond donors (Lipinski definition) is 1. The largest absolute Gasteiger partial charge is 0.496 e. The Hall–Kier alpha value is -1.89. The third kappa shape index (κ3) is 6.49. The van der Waals surface area contributed by atoms with E-state index in [-0.39, 0.29) is 11.9 Å². The number of methoxy groups -OCH3 is 1. The Kier molecular flexibility index (Phi) is 9.20. The average Bonchev–Trinajstić information content (AvgIpc) is 2.62. The smallest absolute Gasteiger partial charge is 0.317 e. The number of carbonyl (C=O) groups excluding carboxylic acids is 2. The van der Waals surface area contributed by atoms with Crippen LogP contribution in [0.25, 0.3) is 0 Å². The van der Waals surface area contributed by atoms with Crippen molar-refractivity contribution in [2.45, 2.75) is 31.7 Å². The lowest BCUT2D eigenvalue weighted by Crippen LogP contribution is -2.39. The number of nitrogens with zero attached hydrogens (tertiary/aromatic N) is 2. The van der Waals surface area contributed by atoms with Gasteiger partial charge in [0, 0.05) is 44.5 Å². The van der Waals surface area contributed by atoms with Gasteiger partial charge in [0.2, 0.25) is 5.91 Å². The molecule has 0 fully saturated rings. The molecule has 0 unspecified atom stereocenters. The van der Waals surface area contributed by atoms with Crippen molar-refractivity contribution >= 4 is 23.7 Å². The number of urea groups is 1. The van der Waals surface area contributed by atoms with Gasteiger partial charge in [-0.2, -0.15) is 0 Å². The van der Waals surface area contributed by atoms with Crippen molar-refractivity contribution in [1.82, 2.24) is 15.1 Å². The number of amides is 3. The van der Waals surface area contributed by atoms with Crippen LogP contribution in [0.3, 0.4) is 0 Å². The van der Waals surface area contributed by atoms with Crippen LogP contribution in [0.1, 0.15) is 25.8 Å². The maximum atomic E-state index is 12.2. The third-order valence-electron chi connectivity index (χ3n) is 3.95. The molecule has 0 aliphatic heterocycles. The second-order valence-electron chi connectivity index (χ2n) is 5.59. The van der Waals surface area contributed by atoms with Crippen LogP contribution in [0.5, 0.6) is 5.75 Å². The van der Waals surface area contributed by atoms with Crippen LogP contribution in [0.15, 0.2) is 23.1 Å². The first-order chi connectivity index (χ1) is 12.0. The highest BCUT2D eigenvalue weighted by molar-refractivity contribution is 7.98. The van der Waals surface area contributed by atoms with E-state index < -0.39 is 0 Å². The fourth-order valence-electron chi connectivity index (χ4n) is 2.47. The molecule has 0 spiro atoms. The van der Waals surface area contributed by atoms with Gasteiger partial charge in [-0.15, -0.1) is 11.8 Å². The lowest BCUT2D eigenvalue weighted by atomic mass is 10.2. The van der Waals surface area contributed by atoms with Gasteiger partial charge in [-0.3, -0.25) is 4.79 Å². The lowest BCUT2D eigenvalue weighted by molar-refractivity contribution is -0.130. The van der Waals surface area contributed by atoms with Gasteiger partial charge in [0.25, 0.3) is 0 Å². The van der Waals surface area contributed by atoms with E-state index in [1.807, 2.05) is 38.3 Å². The van der Waals surface area contributed by atoms with Gasteiger partial charge < -0.3 is 19.9 Å². The monoisotopic (exact) mass is 367 g/mol. The summed E-state index contributed by atoms with van der Waals surface area (Å²) in [6.07, 6.45) is 2.31. The molecule has 0 radical (unpaired) electrons. The minimum Gasteiger partial charge on any atom is -0.496 e. The maximum Gasteiger partial charge on any atom is 0.317 e. The second-order valence-corrected chi connectivity index (χ2v) is 6.44. The van der Waals surface area contributed by atoms with Crippen LogP contribution in [0, 0.1) is 0 Å².